The van der Waals surface area contributed by atoms with Crippen LogP contribution < -0.4 is 15.2 Å². The summed E-state index contributed by atoms with van der Waals surface area (Å²) in [7, 11) is 0. The number of fused-ring (bicyclic) bond motifs is 1. The summed E-state index contributed by atoms with van der Waals surface area (Å²) in [6.45, 7) is 5.93. The van der Waals surface area contributed by atoms with Crippen molar-refractivity contribution in [2.24, 2.45) is 5.73 Å². The van der Waals surface area contributed by atoms with Crippen molar-refractivity contribution in [3.8, 4) is 11.5 Å². The van der Waals surface area contributed by atoms with E-state index in [1.807, 2.05) is 35.2 Å². The van der Waals surface area contributed by atoms with Crippen molar-refractivity contribution in [2.45, 2.75) is 271 Å². The molecule has 2 N–H and O–H groups in total. The van der Waals surface area contributed by atoms with Gasteiger partial charge in [0.05, 0.1) is 0 Å². The summed E-state index contributed by atoms with van der Waals surface area (Å²) >= 11 is 0. The molecule has 62 heavy (non-hydrogen) atoms. The Balaban J connectivity index is 1.63. The Morgan fingerprint density at radius 3 is 1.03 bits per heavy atom. The normalized spacial score (nSPS) is 11.4. The molecular formula is C56H98N2O4. The van der Waals surface area contributed by atoms with Crippen LogP contribution in [0.1, 0.15) is 271 Å². The standard InChI is InChI=1S/C56H98N2O4/c1-3-5-7-9-11-13-15-17-19-21-23-25-27-29-31-33-35-37-39-43-49-58(56(60)62-54-52-46-42-41-45-51(52)47-48-53(54)61-55(57)59)50-44-40-38-36-34-32-30-28-26-24-22-20-18-16-14-12-10-8-6-4-2/h41-42,45-48H,3-40,43-44,49-50H2,1-2H3,(H2,57,59). The SMILES string of the molecule is CCCCCCCCCCCCCCCCCCCCCCN(CCCCCCCCCCCCCCCCCCCCCC)C(=O)Oc1c(OC(N)=O)ccc2ccccc12. The Kier molecular flexibility index (Phi) is 36.6. The Labute approximate surface area is 383 Å². The molecule has 6 nitrogen and oxygen atoms in total. The summed E-state index contributed by atoms with van der Waals surface area (Å²) in [5.74, 6) is 0.422. The van der Waals surface area contributed by atoms with Crippen LogP contribution in [0.15, 0.2) is 36.4 Å². The molecule has 0 radical (unpaired) electrons. The first-order valence-corrected chi connectivity index (χ1v) is 27.0. The van der Waals surface area contributed by atoms with Gasteiger partial charge in [-0.1, -0.05) is 288 Å². The van der Waals surface area contributed by atoms with E-state index in [0.29, 0.717) is 13.1 Å². The van der Waals surface area contributed by atoms with Crippen LogP contribution in [0.3, 0.4) is 0 Å². The Hall–Kier alpha value is -2.76. The second-order valence-electron chi connectivity index (χ2n) is 18.8. The van der Waals surface area contributed by atoms with Gasteiger partial charge in [-0.2, -0.15) is 0 Å². The van der Waals surface area contributed by atoms with E-state index in [0.717, 1.165) is 36.5 Å². The van der Waals surface area contributed by atoms with E-state index in [-0.39, 0.29) is 17.6 Å². The van der Waals surface area contributed by atoms with Crippen LogP contribution >= 0.6 is 0 Å². The van der Waals surface area contributed by atoms with E-state index in [1.54, 1.807) is 6.07 Å². The number of rotatable bonds is 44. The highest BCUT2D eigenvalue weighted by atomic mass is 16.6. The summed E-state index contributed by atoms with van der Waals surface area (Å²) in [4.78, 5) is 27.4. The average molecular weight is 863 g/mol. The number of carbonyl (C=O) groups excluding carboxylic acids is 2. The molecule has 0 spiro atoms. The first-order valence-electron chi connectivity index (χ1n) is 27.0. The van der Waals surface area contributed by atoms with Gasteiger partial charge in [-0.3, -0.25) is 0 Å². The molecule has 356 valence electrons. The number of ether oxygens (including phenoxy) is 2. The van der Waals surface area contributed by atoms with Gasteiger partial charge in [0.15, 0.2) is 11.5 Å². The molecular weight excluding hydrogens is 765 g/mol. The molecule has 0 bridgehead atoms. The van der Waals surface area contributed by atoms with E-state index in [2.05, 4.69) is 13.8 Å². The number of nitrogens with zero attached hydrogens (tertiary/aromatic N) is 1. The predicted molar refractivity (Wildman–Crippen MR) is 268 cm³/mol. The van der Waals surface area contributed by atoms with Crippen molar-refractivity contribution in [3.05, 3.63) is 36.4 Å². The van der Waals surface area contributed by atoms with E-state index in [9.17, 15) is 9.59 Å². The van der Waals surface area contributed by atoms with Gasteiger partial charge in [-0.15, -0.1) is 0 Å². The van der Waals surface area contributed by atoms with Gasteiger partial charge in [0.25, 0.3) is 0 Å². The molecule has 0 aliphatic heterocycles. The zero-order valence-corrected chi connectivity index (χ0v) is 40.8. The van der Waals surface area contributed by atoms with Crippen LogP contribution in [0, 0.1) is 0 Å². The lowest BCUT2D eigenvalue weighted by atomic mass is 10.0. The van der Waals surface area contributed by atoms with Crippen molar-refractivity contribution >= 4 is 23.0 Å². The third-order valence-corrected chi connectivity index (χ3v) is 13.1. The number of hydrogen-bond donors (Lipinski definition) is 1. The van der Waals surface area contributed by atoms with Gasteiger partial charge in [0.1, 0.15) is 0 Å². The van der Waals surface area contributed by atoms with Crippen LogP contribution in [0.2, 0.25) is 0 Å². The van der Waals surface area contributed by atoms with Gasteiger partial charge in [-0.25, -0.2) is 9.59 Å². The first kappa shape index (κ1) is 55.4. The number of benzene rings is 2. The van der Waals surface area contributed by atoms with Crippen LogP contribution in [0.25, 0.3) is 10.8 Å². The molecule has 0 aliphatic carbocycles. The maximum atomic E-state index is 13.8. The van der Waals surface area contributed by atoms with Crippen LogP contribution in [0.4, 0.5) is 9.59 Å². The van der Waals surface area contributed by atoms with Crippen molar-refractivity contribution in [2.75, 3.05) is 13.1 Å². The second-order valence-corrected chi connectivity index (χ2v) is 18.8. The highest BCUT2D eigenvalue weighted by Gasteiger charge is 2.21. The van der Waals surface area contributed by atoms with E-state index < -0.39 is 6.09 Å². The molecule has 0 atom stereocenters. The minimum Gasteiger partial charge on any atom is -0.406 e. The molecule has 2 aromatic carbocycles. The summed E-state index contributed by atoms with van der Waals surface area (Å²) in [6, 6.07) is 11.2. The average Bonchev–Trinajstić information content (AvgIpc) is 3.27. The van der Waals surface area contributed by atoms with Crippen LogP contribution in [-0.4, -0.2) is 30.2 Å². The molecule has 0 aliphatic rings. The third kappa shape index (κ3) is 30.3. The molecule has 0 aromatic heterocycles. The minimum absolute atomic E-state index is 0.169. The first-order chi connectivity index (χ1) is 30.6. The van der Waals surface area contributed by atoms with Gasteiger partial charge < -0.3 is 20.1 Å². The Bertz CT molecular complexity index is 1290. The maximum Gasteiger partial charge on any atom is 0.415 e. The fourth-order valence-corrected chi connectivity index (χ4v) is 9.08. The number of primary amides is 1. The third-order valence-electron chi connectivity index (χ3n) is 13.1. The van der Waals surface area contributed by atoms with Gasteiger partial charge in [-0.05, 0) is 24.3 Å². The second kappa shape index (κ2) is 41.0. The zero-order chi connectivity index (χ0) is 44.4. The minimum atomic E-state index is -0.928. The molecule has 0 fully saturated rings. The highest BCUT2D eigenvalue weighted by Crippen LogP contribution is 2.36. The fourth-order valence-electron chi connectivity index (χ4n) is 9.08. The number of hydrogen-bond acceptors (Lipinski definition) is 4. The van der Waals surface area contributed by atoms with E-state index in [1.165, 1.54) is 231 Å². The van der Waals surface area contributed by atoms with Gasteiger partial charge in [0, 0.05) is 18.5 Å². The quantitative estimate of drug-likeness (QED) is 0.0673. The Morgan fingerprint density at radius 1 is 0.403 bits per heavy atom. The molecule has 0 saturated heterocycles. The lowest BCUT2D eigenvalue weighted by molar-refractivity contribution is 0.148. The predicted octanol–water partition coefficient (Wildman–Crippen LogP) is 18.7. The molecule has 0 unspecified atom stereocenters. The molecule has 2 rings (SSSR count). The fraction of sp³-hybridized carbons (Fsp3) is 0.786. The lowest BCUT2D eigenvalue weighted by Crippen LogP contribution is -2.35. The summed E-state index contributed by atoms with van der Waals surface area (Å²) in [5, 5.41) is 1.62. The summed E-state index contributed by atoms with van der Waals surface area (Å²) in [5.41, 5.74) is 5.39. The summed E-state index contributed by atoms with van der Waals surface area (Å²) < 4.78 is 11.4. The monoisotopic (exact) mass is 863 g/mol. The van der Waals surface area contributed by atoms with Crippen LogP contribution in [-0.2, 0) is 0 Å². The molecule has 0 saturated carbocycles. The van der Waals surface area contributed by atoms with Crippen molar-refractivity contribution < 1.29 is 19.1 Å². The maximum absolute atomic E-state index is 13.8. The molecule has 2 amide bonds. The number of amides is 2. The highest BCUT2D eigenvalue weighted by molar-refractivity contribution is 5.93. The van der Waals surface area contributed by atoms with Gasteiger partial charge in [0.2, 0.25) is 0 Å². The van der Waals surface area contributed by atoms with Crippen LogP contribution in [0.5, 0.6) is 11.5 Å². The van der Waals surface area contributed by atoms with Crippen molar-refractivity contribution in [1.82, 2.24) is 4.90 Å². The topological polar surface area (TPSA) is 81.9 Å². The molecule has 6 heteroatoms. The smallest absolute Gasteiger partial charge is 0.406 e. The lowest BCUT2D eigenvalue weighted by Gasteiger charge is -2.23. The van der Waals surface area contributed by atoms with E-state index in [4.69, 9.17) is 15.2 Å². The van der Waals surface area contributed by atoms with Gasteiger partial charge >= 0.3 is 12.2 Å². The number of unbranched alkanes of at least 4 members (excludes halogenated alkanes) is 38. The number of nitrogens with two attached hydrogens (primary N) is 1. The van der Waals surface area contributed by atoms with E-state index >= 15 is 0 Å². The Morgan fingerprint density at radius 2 is 0.710 bits per heavy atom. The molecule has 0 heterocycles. The van der Waals surface area contributed by atoms with Crippen molar-refractivity contribution in [1.29, 1.82) is 0 Å². The molecule has 2 aromatic rings. The largest absolute Gasteiger partial charge is 0.415 e. The zero-order valence-electron chi connectivity index (χ0n) is 40.8. The van der Waals surface area contributed by atoms with Crippen molar-refractivity contribution in [3.63, 3.8) is 0 Å². The summed E-state index contributed by atoms with van der Waals surface area (Å²) in [6.07, 6.45) is 52.7. The number of carbonyl (C=O) groups is 2.